The van der Waals surface area contributed by atoms with Gasteiger partial charge in [-0.15, -0.1) is 0 Å². The van der Waals surface area contributed by atoms with Crippen LogP contribution in [0.3, 0.4) is 0 Å². The second-order valence-corrected chi connectivity index (χ2v) is 7.23. The third-order valence-corrected chi connectivity index (χ3v) is 4.84. The number of carbonyl (C=O) groups excluding carboxylic acids is 1. The molecule has 1 unspecified atom stereocenters. The molecule has 1 atom stereocenters. The molecule has 4 rings (SSSR count). The first kappa shape index (κ1) is 22.3. The van der Waals surface area contributed by atoms with Gasteiger partial charge in [0.1, 0.15) is 5.65 Å². The zero-order chi connectivity index (χ0) is 22.8. The van der Waals surface area contributed by atoms with E-state index in [-0.39, 0.29) is 11.5 Å². The van der Waals surface area contributed by atoms with Crippen LogP contribution < -0.4 is 10.9 Å². The smallest absolute Gasteiger partial charge is 0.475 e. The number of halogens is 3. The van der Waals surface area contributed by atoms with Crippen molar-refractivity contribution in [2.24, 2.45) is 5.92 Å². The minimum atomic E-state index is -5.08. The average molecular weight is 439 g/mol. The number of aliphatic carboxylic acids is 1. The number of nitrogens with zero attached hydrogens (tertiary/aromatic N) is 3. The predicted molar refractivity (Wildman–Crippen MR) is 105 cm³/mol. The van der Waals surface area contributed by atoms with Crippen LogP contribution >= 0.6 is 0 Å². The van der Waals surface area contributed by atoms with E-state index in [0.29, 0.717) is 34.7 Å². The fraction of sp³-hybridized carbons (Fsp3) is 0.368. The quantitative estimate of drug-likeness (QED) is 0.569. The second-order valence-electron chi connectivity index (χ2n) is 7.23. The van der Waals surface area contributed by atoms with Crippen molar-refractivity contribution in [3.63, 3.8) is 0 Å². The number of H-pyrrole nitrogens is 1. The number of rotatable bonds is 3. The summed E-state index contributed by atoms with van der Waals surface area (Å²) in [5.74, 6) is -2.48. The van der Waals surface area contributed by atoms with Gasteiger partial charge in [0.05, 0.1) is 10.9 Å². The van der Waals surface area contributed by atoms with E-state index in [0.717, 1.165) is 19.5 Å². The highest BCUT2D eigenvalue weighted by Gasteiger charge is 2.38. The van der Waals surface area contributed by atoms with Gasteiger partial charge in [-0.3, -0.25) is 9.59 Å². The molecule has 166 valence electrons. The third-order valence-electron chi connectivity index (χ3n) is 4.84. The molecule has 1 aromatic carbocycles. The number of carbonyl (C=O) groups is 2. The Morgan fingerprint density at radius 1 is 1.32 bits per heavy atom. The summed E-state index contributed by atoms with van der Waals surface area (Å²) < 4.78 is 33.3. The van der Waals surface area contributed by atoms with Crippen LogP contribution in [0.5, 0.6) is 0 Å². The third kappa shape index (κ3) is 5.20. The van der Waals surface area contributed by atoms with E-state index < -0.39 is 12.1 Å². The molecule has 12 heteroatoms. The standard InChI is InChI=1S/C17H19N5O2.C2HF3O2/c1-21-7-6-11(10-21)9-18-17(24)13-8-15-19-16(23)12-4-2-3-5-14(12)22(15)20-13;3-2(4,5)1(6)7/h2-5,8,11H,6-7,9-10H2,1H3,(H,18,24)(H,19,23);(H,6,7). The van der Waals surface area contributed by atoms with E-state index in [1.165, 1.54) is 0 Å². The predicted octanol–water partition coefficient (Wildman–Crippen LogP) is 1.49. The Balaban J connectivity index is 0.000000339. The fourth-order valence-corrected chi connectivity index (χ4v) is 3.32. The molecule has 1 fully saturated rings. The summed E-state index contributed by atoms with van der Waals surface area (Å²) in [7, 11) is 2.09. The fourth-order valence-electron chi connectivity index (χ4n) is 3.32. The van der Waals surface area contributed by atoms with E-state index in [1.807, 2.05) is 12.1 Å². The Morgan fingerprint density at radius 2 is 2.00 bits per heavy atom. The number of likely N-dealkylation sites (tertiary alicyclic amines) is 1. The number of carboxylic acids is 1. The summed E-state index contributed by atoms with van der Waals surface area (Å²) in [6.45, 7) is 2.72. The molecule has 3 aromatic rings. The number of aromatic amines is 1. The van der Waals surface area contributed by atoms with Crippen LogP contribution in [-0.4, -0.2) is 69.3 Å². The average Bonchev–Trinajstić information content (AvgIpc) is 3.32. The van der Waals surface area contributed by atoms with Gasteiger partial charge in [-0.1, -0.05) is 12.1 Å². The summed E-state index contributed by atoms with van der Waals surface area (Å²) >= 11 is 0. The van der Waals surface area contributed by atoms with Crippen LogP contribution in [0.4, 0.5) is 13.2 Å². The lowest BCUT2D eigenvalue weighted by Gasteiger charge is -2.10. The van der Waals surface area contributed by atoms with Crippen molar-refractivity contribution in [1.82, 2.24) is 24.8 Å². The van der Waals surface area contributed by atoms with Crippen LogP contribution in [0.2, 0.25) is 0 Å². The molecule has 1 aliphatic rings. The Labute approximate surface area is 173 Å². The molecular formula is C19H20F3N5O4. The zero-order valence-electron chi connectivity index (χ0n) is 16.4. The molecule has 2 aromatic heterocycles. The number of hydrogen-bond donors (Lipinski definition) is 3. The Hall–Kier alpha value is -3.41. The maximum Gasteiger partial charge on any atom is 0.490 e. The first-order valence-electron chi connectivity index (χ1n) is 9.34. The highest BCUT2D eigenvalue weighted by molar-refractivity contribution is 5.94. The number of para-hydroxylation sites is 1. The van der Waals surface area contributed by atoms with Crippen molar-refractivity contribution < 1.29 is 27.9 Å². The Kier molecular flexibility index (Phi) is 6.29. The molecule has 1 amide bonds. The number of benzene rings is 1. The first-order chi connectivity index (χ1) is 14.6. The number of amides is 1. The number of aromatic nitrogens is 3. The molecule has 1 aliphatic heterocycles. The number of hydrogen-bond acceptors (Lipinski definition) is 5. The zero-order valence-corrected chi connectivity index (χ0v) is 16.4. The van der Waals surface area contributed by atoms with Crippen LogP contribution in [0.1, 0.15) is 16.9 Å². The second kappa shape index (κ2) is 8.76. The van der Waals surface area contributed by atoms with Gasteiger partial charge < -0.3 is 20.3 Å². The molecule has 31 heavy (non-hydrogen) atoms. The Bertz CT molecular complexity index is 1170. The number of nitrogens with one attached hydrogen (secondary N) is 2. The van der Waals surface area contributed by atoms with Crippen molar-refractivity contribution >= 4 is 28.4 Å². The molecule has 3 N–H and O–H groups in total. The van der Waals surface area contributed by atoms with Crippen molar-refractivity contribution in [3.05, 3.63) is 46.4 Å². The Morgan fingerprint density at radius 3 is 2.61 bits per heavy atom. The monoisotopic (exact) mass is 439 g/mol. The number of alkyl halides is 3. The van der Waals surface area contributed by atoms with Crippen molar-refractivity contribution in [3.8, 4) is 0 Å². The summed E-state index contributed by atoms with van der Waals surface area (Å²) in [4.78, 5) is 38.4. The highest BCUT2D eigenvalue weighted by atomic mass is 19.4. The molecule has 0 spiro atoms. The van der Waals surface area contributed by atoms with E-state index in [9.17, 15) is 22.8 Å². The number of fused-ring (bicyclic) bond motifs is 3. The molecule has 1 saturated heterocycles. The highest BCUT2D eigenvalue weighted by Crippen LogP contribution is 2.15. The van der Waals surface area contributed by atoms with E-state index in [4.69, 9.17) is 9.90 Å². The normalized spacial score (nSPS) is 16.8. The maximum atomic E-state index is 12.4. The summed E-state index contributed by atoms with van der Waals surface area (Å²) in [5, 5.41) is 15.0. The van der Waals surface area contributed by atoms with Crippen LogP contribution in [-0.2, 0) is 4.79 Å². The first-order valence-corrected chi connectivity index (χ1v) is 9.34. The van der Waals surface area contributed by atoms with Gasteiger partial charge >= 0.3 is 12.1 Å². The topological polar surface area (TPSA) is 120 Å². The van der Waals surface area contributed by atoms with Gasteiger partial charge in [0.2, 0.25) is 0 Å². The van der Waals surface area contributed by atoms with Crippen LogP contribution in [0.15, 0.2) is 35.1 Å². The van der Waals surface area contributed by atoms with Crippen molar-refractivity contribution in [2.45, 2.75) is 12.6 Å². The van der Waals surface area contributed by atoms with Crippen molar-refractivity contribution in [2.75, 3.05) is 26.7 Å². The van der Waals surface area contributed by atoms with Crippen LogP contribution in [0, 0.1) is 5.92 Å². The maximum absolute atomic E-state index is 12.4. The van der Waals surface area contributed by atoms with Gasteiger partial charge in [-0.05, 0) is 38.1 Å². The van der Waals surface area contributed by atoms with Gasteiger partial charge in [-0.2, -0.15) is 18.3 Å². The van der Waals surface area contributed by atoms with E-state index >= 15 is 0 Å². The summed E-state index contributed by atoms with van der Waals surface area (Å²) in [6.07, 6.45) is -3.99. The number of carboxylic acid groups (broad SMARTS) is 1. The minimum absolute atomic E-state index is 0.182. The van der Waals surface area contributed by atoms with Crippen LogP contribution in [0.25, 0.3) is 16.6 Å². The minimum Gasteiger partial charge on any atom is -0.475 e. The van der Waals surface area contributed by atoms with Gasteiger partial charge in [0.25, 0.3) is 11.5 Å². The van der Waals surface area contributed by atoms with Gasteiger partial charge in [-0.25, -0.2) is 9.31 Å². The SMILES string of the molecule is CN1CCC(CNC(=O)c2cc3[nH]c(=O)c4ccccc4n3n2)C1.O=C(O)C(F)(F)F. The van der Waals surface area contributed by atoms with Gasteiger partial charge in [0.15, 0.2) is 5.69 Å². The molecule has 0 radical (unpaired) electrons. The molecule has 0 aliphatic carbocycles. The lowest BCUT2D eigenvalue weighted by molar-refractivity contribution is -0.192. The largest absolute Gasteiger partial charge is 0.490 e. The molecular weight excluding hydrogens is 419 g/mol. The van der Waals surface area contributed by atoms with Crippen molar-refractivity contribution in [1.29, 1.82) is 0 Å². The molecule has 0 bridgehead atoms. The molecule has 3 heterocycles. The lowest BCUT2D eigenvalue weighted by atomic mass is 10.1. The van der Waals surface area contributed by atoms with E-state index in [2.05, 4.69) is 27.3 Å². The molecule has 0 saturated carbocycles. The summed E-state index contributed by atoms with van der Waals surface area (Å²) in [5.41, 5.74) is 1.34. The lowest BCUT2D eigenvalue weighted by Crippen LogP contribution is -2.30. The van der Waals surface area contributed by atoms with Gasteiger partial charge in [0, 0.05) is 19.2 Å². The molecule has 9 nitrogen and oxygen atoms in total. The van der Waals surface area contributed by atoms with E-state index in [1.54, 1.807) is 22.7 Å². The summed E-state index contributed by atoms with van der Waals surface area (Å²) in [6, 6.07) is 8.83.